The van der Waals surface area contributed by atoms with Gasteiger partial charge in [-0.25, -0.2) is 0 Å². The van der Waals surface area contributed by atoms with Crippen LogP contribution in [-0.4, -0.2) is 18.4 Å². The number of rotatable bonds is 2. The van der Waals surface area contributed by atoms with E-state index in [0.29, 0.717) is 12.4 Å². The van der Waals surface area contributed by atoms with Gasteiger partial charge in [0, 0.05) is 18.4 Å². The first kappa shape index (κ1) is 10.7. The molecule has 84 valence electrons. The Morgan fingerprint density at radius 3 is 2.87 bits per heavy atom. The van der Waals surface area contributed by atoms with E-state index in [2.05, 4.69) is 0 Å². The van der Waals surface area contributed by atoms with Gasteiger partial charge < -0.3 is 10.5 Å². The minimum absolute atomic E-state index is 0.00292. The van der Waals surface area contributed by atoms with Gasteiger partial charge in [0.25, 0.3) is 0 Å². The van der Waals surface area contributed by atoms with Gasteiger partial charge in [-0.15, -0.1) is 0 Å². The molecule has 0 aromatic heterocycles. The highest BCUT2D eigenvalue weighted by molar-refractivity contribution is 5.96. The normalized spacial score (nSPS) is 31.7. The van der Waals surface area contributed by atoms with Crippen molar-refractivity contribution in [1.29, 1.82) is 0 Å². The van der Waals surface area contributed by atoms with E-state index in [9.17, 15) is 4.79 Å². The minimum atomic E-state index is -0.00292. The van der Waals surface area contributed by atoms with Crippen LogP contribution in [0.1, 0.15) is 38.5 Å². The second-order valence-electron chi connectivity index (χ2n) is 4.48. The lowest BCUT2D eigenvalue weighted by Gasteiger charge is -2.19. The van der Waals surface area contributed by atoms with Crippen LogP contribution >= 0.6 is 0 Å². The van der Waals surface area contributed by atoms with Crippen LogP contribution in [0.4, 0.5) is 0 Å². The van der Waals surface area contributed by atoms with Crippen molar-refractivity contribution in [3.63, 3.8) is 0 Å². The molecule has 1 heterocycles. The zero-order valence-corrected chi connectivity index (χ0v) is 9.08. The topological polar surface area (TPSA) is 52.3 Å². The Morgan fingerprint density at radius 1 is 1.33 bits per heavy atom. The molecule has 0 aromatic carbocycles. The fourth-order valence-electron chi connectivity index (χ4n) is 2.43. The van der Waals surface area contributed by atoms with E-state index in [1.165, 1.54) is 6.42 Å². The zero-order valence-electron chi connectivity index (χ0n) is 9.08. The second-order valence-corrected chi connectivity index (χ2v) is 4.48. The lowest BCUT2D eigenvalue weighted by Crippen LogP contribution is -2.35. The van der Waals surface area contributed by atoms with Crippen LogP contribution in [-0.2, 0) is 9.53 Å². The molecule has 1 aliphatic heterocycles. The largest absolute Gasteiger partial charge is 0.490 e. The molecule has 2 N–H and O–H groups in total. The van der Waals surface area contributed by atoms with E-state index in [-0.39, 0.29) is 17.7 Å². The van der Waals surface area contributed by atoms with E-state index in [1.807, 2.05) is 6.08 Å². The first-order valence-electron chi connectivity index (χ1n) is 5.92. The van der Waals surface area contributed by atoms with E-state index in [1.54, 1.807) is 0 Å². The predicted molar refractivity (Wildman–Crippen MR) is 58.2 cm³/mol. The maximum atomic E-state index is 12.1. The van der Waals surface area contributed by atoms with Gasteiger partial charge in [-0.1, -0.05) is 19.3 Å². The van der Waals surface area contributed by atoms with E-state index < -0.39 is 0 Å². The van der Waals surface area contributed by atoms with E-state index in [0.717, 1.165) is 32.1 Å². The van der Waals surface area contributed by atoms with Crippen molar-refractivity contribution in [2.24, 2.45) is 11.7 Å². The molecule has 0 aromatic rings. The Labute approximate surface area is 90.7 Å². The highest BCUT2D eigenvalue weighted by Gasteiger charge is 2.30. The molecule has 1 saturated carbocycles. The Morgan fingerprint density at radius 2 is 2.13 bits per heavy atom. The van der Waals surface area contributed by atoms with E-state index >= 15 is 0 Å². The number of nitrogens with two attached hydrogens (primary N) is 1. The quantitative estimate of drug-likeness (QED) is 0.705. The third-order valence-electron chi connectivity index (χ3n) is 3.35. The molecule has 0 saturated heterocycles. The monoisotopic (exact) mass is 209 g/mol. The van der Waals surface area contributed by atoms with Gasteiger partial charge in [0.15, 0.2) is 5.76 Å². The first-order chi connectivity index (χ1) is 7.29. The third-order valence-corrected chi connectivity index (χ3v) is 3.35. The maximum absolute atomic E-state index is 12.1. The number of hydrogen-bond donors (Lipinski definition) is 1. The van der Waals surface area contributed by atoms with Gasteiger partial charge >= 0.3 is 0 Å². The van der Waals surface area contributed by atoms with Crippen LogP contribution in [0.3, 0.4) is 0 Å². The minimum Gasteiger partial charge on any atom is -0.490 e. The predicted octanol–water partition coefficient (Wildman–Crippen LogP) is 1.77. The van der Waals surface area contributed by atoms with Crippen molar-refractivity contribution in [1.82, 2.24) is 0 Å². The molecule has 0 bridgehead atoms. The smallest absolute Gasteiger partial charge is 0.201 e. The summed E-state index contributed by atoms with van der Waals surface area (Å²) in [6, 6.07) is 0.0325. The molecule has 0 amide bonds. The SMILES string of the molecule is NC1CCCCCC1C(=O)C1=CCCO1. The van der Waals surface area contributed by atoms with Crippen molar-refractivity contribution in [3.05, 3.63) is 11.8 Å². The molecule has 2 atom stereocenters. The standard InChI is InChI=1S/C12H19NO2/c13-10-6-3-1-2-5-9(10)12(14)11-7-4-8-15-11/h7,9-10H,1-6,8,13H2. The van der Waals surface area contributed by atoms with Crippen LogP contribution in [0.25, 0.3) is 0 Å². The average molecular weight is 209 g/mol. The molecule has 0 spiro atoms. The Kier molecular flexibility index (Phi) is 3.41. The fourth-order valence-corrected chi connectivity index (χ4v) is 2.43. The summed E-state index contributed by atoms with van der Waals surface area (Å²) in [4.78, 5) is 12.1. The summed E-state index contributed by atoms with van der Waals surface area (Å²) in [6.45, 7) is 0.656. The number of ketones is 1. The van der Waals surface area contributed by atoms with Crippen molar-refractivity contribution >= 4 is 5.78 Å². The van der Waals surface area contributed by atoms with Crippen LogP contribution in [0, 0.1) is 5.92 Å². The summed E-state index contributed by atoms with van der Waals surface area (Å²) in [7, 11) is 0. The van der Waals surface area contributed by atoms with Gasteiger partial charge in [0.2, 0.25) is 5.78 Å². The number of Topliss-reactive ketones (excluding diaryl/α,β-unsaturated/α-hetero) is 1. The number of ether oxygens (including phenoxy) is 1. The van der Waals surface area contributed by atoms with Crippen LogP contribution < -0.4 is 5.73 Å². The number of hydrogen-bond acceptors (Lipinski definition) is 3. The van der Waals surface area contributed by atoms with Crippen molar-refractivity contribution in [3.8, 4) is 0 Å². The number of carbonyl (C=O) groups is 1. The van der Waals surface area contributed by atoms with Crippen molar-refractivity contribution in [2.45, 2.75) is 44.6 Å². The van der Waals surface area contributed by atoms with Gasteiger partial charge in [-0.2, -0.15) is 0 Å². The Hall–Kier alpha value is -0.830. The summed E-state index contributed by atoms with van der Waals surface area (Å²) in [6.07, 6.45) is 8.16. The molecule has 3 heteroatoms. The zero-order chi connectivity index (χ0) is 10.7. The molecular weight excluding hydrogens is 190 g/mol. The van der Waals surface area contributed by atoms with Gasteiger partial charge in [-0.3, -0.25) is 4.79 Å². The van der Waals surface area contributed by atoms with Crippen LogP contribution in [0.15, 0.2) is 11.8 Å². The van der Waals surface area contributed by atoms with Gasteiger partial charge in [0.1, 0.15) is 0 Å². The number of carbonyl (C=O) groups excluding carboxylic acids is 1. The van der Waals surface area contributed by atoms with Crippen LogP contribution in [0.2, 0.25) is 0 Å². The summed E-state index contributed by atoms with van der Waals surface area (Å²) < 4.78 is 5.31. The van der Waals surface area contributed by atoms with Gasteiger partial charge in [-0.05, 0) is 18.9 Å². The molecule has 15 heavy (non-hydrogen) atoms. The summed E-state index contributed by atoms with van der Waals surface area (Å²) >= 11 is 0. The second kappa shape index (κ2) is 4.79. The molecule has 1 fully saturated rings. The highest BCUT2D eigenvalue weighted by atomic mass is 16.5. The van der Waals surface area contributed by atoms with Crippen molar-refractivity contribution in [2.75, 3.05) is 6.61 Å². The van der Waals surface area contributed by atoms with Crippen molar-refractivity contribution < 1.29 is 9.53 Å². The fraction of sp³-hybridized carbons (Fsp3) is 0.750. The Bertz CT molecular complexity index is 273. The molecule has 0 radical (unpaired) electrons. The molecule has 1 aliphatic carbocycles. The van der Waals surface area contributed by atoms with Gasteiger partial charge in [0.05, 0.1) is 6.61 Å². The molecule has 2 rings (SSSR count). The highest BCUT2D eigenvalue weighted by Crippen LogP contribution is 2.26. The maximum Gasteiger partial charge on any atom is 0.201 e. The van der Waals surface area contributed by atoms with Crippen LogP contribution in [0.5, 0.6) is 0 Å². The average Bonchev–Trinajstić information content (AvgIpc) is 2.68. The molecule has 2 unspecified atom stereocenters. The van der Waals surface area contributed by atoms with E-state index in [4.69, 9.17) is 10.5 Å². The summed E-state index contributed by atoms with van der Waals surface area (Å²) in [5, 5.41) is 0. The summed E-state index contributed by atoms with van der Waals surface area (Å²) in [5.41, 5.74) is 6.04. The summed E-state index contributed by atoms with van der Waals surface area (Å²) in [5.74, 6) is 0.705. The lowest BCUT2D eigenvalue weighted by atomic mass is 9.90. The molecule has 3 nitrogen and oxygen atoms in total. The lowest BCUT2D eigenvalue weighted by molar-refractivity contribution is -0.123. The number of allylic oxidation sites excluding steroid dienone is 1. The molecular formula is C12H19NO2. The first-order valence-corrected chi connectivity index (χ1v) is 5.92. The third kappa shape index (κ3) is 2.40. The molecule has 2 aliphatic rings. The Balaban J connectivity index is 2.03.